The van der Waals surface area contributed by atoms with Crippen LogP contribution in [0.2, 0.25) is 0 Å². The molecule has 5 nitrogen and oxygen atoms in total. The van der Waals surface area contributed by atoms with Gasteiger partial charge in [0.25, 0.3) is 0 Å². The zero-order valence-electron chi connectivity index (χ0n) is 15.9. The second-order valence-electron chi connectivity index (χ2n) is 6.52. The predicted octanol–water partition coefficient (Wildman–Crippen LogP) is 5.27. The van der Waals surface area contributed by atoms with Gasteiger partial charge in [0.05, 0.1) is 0 Å². The van der Waals surface area contributed by atoms with E-state index in [0.29, 0.717) is 0 Å². The van der Waals surface area contributed by atoms with E-state index in [4.69, 9.17) is 0 Å². The van der Waals surface area contributed by atoms with Gasteiger partial charge in [-0.05, 0) is 40.9 Å². The molecule has 0 spiro atoms. The highest BCUT2D eigenvalue weighted by molar-refractivity contribution is 7.89. The first-order chi connectivity index (χ1) is 13.5. The Balaban J connectivity index is 2.04. The molecule has 3 aromatic rings. The summed E-state index contributed by atoms with van der Waals surface area (Å²) >= 11 is 0. The van der Waals surface area contributed by atoms with Crippen molar-refractivity contribution in [2.24, 2.45) is 5.18 Å². The lowest BCUT2D eigenvalue weighted by Crippen LogP contribution is -2.30. The van der Waals surface area contributed by atoms with Crippen molar-refractivity contribution in [3.05, 3.63) is 88.8 Å². The molecule has 0 unspecified atom stereocenters. The van der Waals surface area contributed by atoms with Crippen molar-refractivity contribution in [2.75, 3.05) is 6.54 Å². The molecule has 144 valence electrons. The predicted molar refractivity (Wildman–Crippen MR) is 112 cm³/mol. The number of benzene rings is 3. The van der Waals surface area contributed by atoms with Crippen LogP contribution in [0.25, 0.3) is 11.1 Å². The molecule has 0 aliphatic heterocycles. The fourth-order valence-electron chi connectivity index (χ4n) is 3.20. The van der Waals surface area contributed by atoms with Crippen LogP contribution in [0.4, 0.5) is 5.69 Å². The van der Waals surface area contributed by atoms with E-state index >= 15 is 0 Å². The quantitative estimate of drug-likeness (QED) is 0.513. The zero-order chi connectivity index (χ0) is 20.1. The Labute approximate surface area is 165 Å². The molecule has 0 atom stereocenters. The van der Waals surface area contributed by atoms with E-state index < -0.39 is 10.0 Å². The molecule has 28 heavy (non-hydrogen) atoms. The fourth-order valence-corrected chi connectivity index (χ4v) is 4.75. The van der Waals surface area contributed by atoms with E-state index in [9.17, 15) is 13.3 Å². The summed E-state index contributed by atoms with van der Waals surface area (Å²) in [6, 6.07) is 21.9. The average molecular weight is 394 g/mol. The topological polar surface area (TPSA) is 66.8 Å². The Morgan fingerprint density at radius 3 is 2.29 bits per heavy atom. The molecule has 0 bridgehead atoms. The lowest BCUT2D eigenvalue weighted by Gasteiger charge is -2.23. The third-order valence-corrected chi connectivity index (χ3v) is 6.59. The van der Waals surface area contributed by atoms with Gasteiger partial charge in [-0.25, -0.2) is 8.42 Å². The summed E-state index contributed by atoms with van der Waals surface area (Å²) in [4.78, 5) is 11.0. The molecule has 0 aliphatic rings. The number of nitrogens with zero attached hydrogens (tertiary/aromatic N) is 2. The van der Waals surface area contributed by atoms with Crippen molar-refractivity contribution in [3.8, 4) is 11.1 Å². The van der Waals surface area contributed by atoms with Gasteiger partial charge in [-0.15, -0.1) is 4.91 Å². The second kappa shape index (κ2) is 8.46. The van der Waals surface area contributed by atoms with Gasteiger partial charge < -0.3 is 0 Å². The maximum Gasteiger partial charge on any atom is 0.245 e. The number of sulfonamides is 1. The number of aryl methyl sites for hydroxylation is 1. The number of hydrogen-bond acceptors (Lipinski definition) is 4. The zero-order valence-corrected chi connectivity index (χ0v) is 16.7. The van der Waals surface area contributed by atoms with Gasteiger partial charge in [0.2, 0.25) is 10.0 Å². The third-order valence-electron chi connectivity index (χ3n) is 4.63. The minimum atomic E-state index is -3.86. The molecule has 0 saturated heterocycles. The molecule has 0 amide bonds. The second-order valence-corrected chi connectivity index (χ2v) is 8.42. The van der Waals surface area contributed by atoms with E-state index in [-0.39, 0.29) is 23.7 Å². The van der Waals surface area contributed by atoms with E-state index in [1.54, 1.807) is 19.1 Å². The van der Waals surface area contributed by atoms with Crippen molar-refractivity contribution in [3.63, 3.8) is 0 Å². The summed E-state index contributed by atoms with van der Waals surface area (Å²) in [5, 5.41) is 2.88. The average Bonchev–Trinajstić information content (AvgIpc) is 2.72. The van der Waals surface area contributed by atoms with Crippen LogP contribution >= 0.6 is 0 Å². The SMILES string of the molecule is CCN(Cc1cc(C)ccc1-c1ccccc1)S(=O)(=O)c1ccccc1N=O. The highest BCUT2D eigenvalue weighted by Gasteiger charge is 2.27. The van der Waals surface area contributed by atoms with Gasteiger partial charge in [0, 0.05) is 13.1 Å². The lowest BCUT2D eigenvalue weighted by molar-refractivity contribution is 0.424. The summed E-state index contributed by atoms with van der Waals surface area (Å²) < 4.78 is 27.8. The molecule has 6 heteroatoms. The molecule has 3 aromatic carbocycles. The number of nitroso groups, excluding NO2 is 1. The Morgan fingerprint density at radius 2 is 1.61 bits per heavy atom. The summed E-state index contributed by atoms with van der Waals surface area (Å²) in [6.07, 6.45) is 0. The van der Waals surface area contributed by atoms with Crippen LogP contribution < -0.4 is 0 Å². The highest BCUT2D eigenvalue weighted by Crippen LogP contribution is 2.30. The van der Waals surface area contributed by atoms with Gasteiger partial charge in [-0.3, -0.25) is 0 Å². The van der Waals surface area contributed by atoms with Crippen LogP contribution in [-0.4, -0.2) is 19.3 Å². The Bertz CT molecular complexity index is 1080. The minimum Gasteiger partial charge on any atom is -0.207 e. The molecule has 0 aromatic heterocycles. The Kier molecular flexibility index (Phi) is 6.02. The van der Waals surface area contributed by atoms with Crippen molar-refractivity contribution in [1.29, 1.82) is 0 Å². The third kappa shape index (κ3) is 4.03. The van der Waals surface area contributed by atoms with E-state index in [2.05, 4.69) is 5.18 Å². The van der Waals surface area contributed by atoms with Crippen molar-refractivity contribution in [2.45, 2.75) is 25.3 Å². The van der Waals surface area contributed by atoms with Crippen LogP contribution in [0, 0.1) is 11.8 Å². The molecule has 0 saturated carbocycles. The van der Waals surface area contributed by atoms with Gasteiger partial charge >= 0.3 is 0 Å². The summed E-state index contributed by atoms with van der Waals surface area (Å²) in [7, 11) is -3.86. The van der Waals surface area contributed by atoms with Gasteiger partial charge in [-0.1, -0.05) is 73.2 Å². The van der Waals surface area contributed by atoms with Crippen LogP contribution in [0.5, 0.6) is 0 Å². The Hall–Kier alpha value is -2.83. The summed E-state index contributed by atoms with van der Waals surface area (Å²) in [6.45, 7) is 4.25. The first kappa shape index (κ1) is 19.9. The van der Waals surface area contributed by atoms with Gasteiger partial charge in [0.15, 0.2) is 0 Å². The Morgan fingerprint density at radius 1 is 0.929 bits per heavy atom. The first-order valence-corrected chi connectivity index (χ1v) is 10.5. The number of hydrogen-bond donors (Lipinski definition) is 0. The highest BCUT2D eigenvalue weighted by atomic mass is 32.2. The van der Waals surface area contributed by atoms with E-state index in [0.717, 1.165) is 22.3 Å². The molecule has 0 heterocycles. The summed E-state index contributed by atoms with van der Waals surface area (Å²) in [5.41, 5.74) is 3.90. The maximum absolute atomic E-state index is 13.2. The molecule has 0 fully saturated rings. The van der Waals surface area contributed by atoms with Crippen LogP contribution in [0.3, 0.4) is 0 Å². The standard InChI is InChI=1S/C22H22N2O3S/c1-3-24(28(26,27)22-12-8-7-11-21(22)23-25)16-19-15-17(2)13-14-20(19)18-9-5-4-6-10-18/h4-15H,3,16H2,1-2H3. The minimum absolute atomic E-state index is 0.0687. The molecule has 0 N–H and O–H groups in total. The molecular formula is C22H22N2O3S. The van der Waals surface area contributed by atoms with Crippen molar-refractivity contribution >= 4 is 15.7 Å². The fraction of sp³-hybridized carbons (Fsp3) is 0.182. The van der Waals surface area contributed by atoms with E-state index in [1.165, 1.54) is 16.4 Å². The normalized spacial score (nSPS) is 11.5. The largest absolute Gasteiger partial charge is 0.245 e. The van der Waals surface area contributed by atoms with Crippen molar-refractivity contribution < 1.29 is 8.42 Å². The molecule has 3 rings (SSSR count). The smallest absolute Gasteiger partial charge is 0.207 e. The first-order valence-electron chi connectivity index (χ1n) is 9.05. The number of rotatable bonds is 7. The van der Waals surface area contributed by atoms with Crippen LogP contribution in [-0.2, 0) is 16.6 Å². The van der Waals surface area contributed by atoms with Gasteiger partial charge in [-0.2, -0.15) is 4.31 Å². The van der Waals surface area contributed by atoms with E-state index in [1.807, 2.05) is 55.5 Å². The molecule has 0 aliphatic carbocycles. The van der Waals surface area contributed by atoms with Crippen LogP contribution in [0.1, 0.15) is 18.1 Å². The lowest BCUT2D eigenvalue weighted by atomic mass is 9.98. The maximum atomic E-state index is 13.2. The summed E-state index contributed by atoms with van der Waals surface area (Å²) in [5.74, 6) is 0. The molecule has 0 radical (unpaired) electrons. The molecular weight excluding hydrogens is 372 g/mol. The monoisotopic (exact) mass is 394 g/mol. The van der Waals surface area contributed by atoms with Crippen molar-refractivity contribution in [1.82, 2.24) is 4.31 Å². The van der Waals surface area contributed by atoms with Crippen LogP contribution in [0.15, 0.2) is 82.9 Å². The van der Waals surface area contributed by atoms with Gasteiger partial charge in [0.1, 0.15) is 10.6 Å².